The zero-order chi connectivity index (χ0) is 21.8. The number of aromatic hydroxyl groups is 1. The van der Waals surface area contributed by atoms with Gasteiger partial charge in [-0.05, 0) is 30.3 Å². The van der Waals surface area contributed by atoms with Crippen LogP contribution in [-0.2, 0) is 6.42 Å². The monoisotopic (exact) mass is 418 g/mol. The predicted octanol–water partition coefficient (Wildman–Crippen LogP) is 3.97. The number of pyridine rings is 1. The molecule has 0 atom stereocenters. The first-order valence-corrected chi connectivity index (χ1v) is 9.75. The highest BCUT2D eigenvalue weighted by molar-refractivity contribution is 6.01. The molecule has 2 heterocycles. The van der Waals surface area contributed by atoms with Crippen molar-refractivity contribution in [2.24, 2.45) is 4.99 Å². The predicted molar refractivity (Wildman–Crippen MR) is 119 cm³/mol. The molecule has 7 heteroatoms. The number of fused-ring (bicyclic) bond motifs is 1. The molecule has 0 saturated heterocycles. The van der Waals surface area contributed by atoms with E-state index in [4.69, 9.17) is 13.9 Å². The maximum atomic E-state index is 13.2. The van der Waals surface area contributed by atoms with E-state index in [1.807, 2.05) is 18.2 Å². The molecule has 4 rings (SSSR count). The number of aromatic nitrogens is 1. The van der Waals surface area contributed by atoms with E-state index in [0.717, 1.165) is 5.76 Å². The zero-order valence-corrected chi connectivity index (χ0v) is 17.2. The lowest BCUT2D eigenvalue weighted by atomic mass is 10.1. The van der Waals surface area contributed by atoms with Gasteiger partial charge in [0, 0.05) is 36.0 Å². The molecular formula is C24H22N2O5. The van der Waals surface area contributed by atoms with Crippen molar-refractivity contribution in [3.8, 4) is 23.1 Å². The molecule has 4 aromatic rings. The smallest absolute Gasteiger partial charge is 0.265 e. The summed E-state index contributed by atoms with van der Waals surface area (Å²) in [6, 6.07) is 15.9. The molecular weight excluding hydrogens is 396 g/mol. The van der Waals surface area contributed by atoms with Crippen molar-refractivity contribution in [2.45, 2.75) is 6.42 Å². The summed E-state index contributed by atoms with van der Waals surface area (Å²) >= 11 is 0. The van der Waals surface area contributed by atoms with Gasteiger partial charge in [0.15, 0.2) is 11.5 Å². The molecule has 0 saturated carbocycles. The first-order chi connectivity index (χ1) is 15.1. The Balaban J connectivity index is 1.82. The Kier molecular flexibility index (Phi) is 5.75. The second-order valence-corrected chi connectivity index (χ2v) is 6.83. The fraction of sp³-hybridized carbons (Fsp3) is 0.167. The number of furan rings is 1. The minimum atomic E-state index is -0.340. The topological polar surface area (TPSA) is 86.2 Å². The SMILES string of the molecule is COc1ccc(-n2c(O)c(C=NCCc3ccco3)c3ccccc3c2=O)cc1OC. The summed E-state index contributed by atoms with van der Waals surface area (Å²) in [5, 5.41) is 12.2. The van der Waals surface area contributed by atoms with E-state index in [2.05, 4.69) is 4.99 Å². The number of ether oxygens (including phenoxy) is 2. The van der Waals surface area contributed by atoms with Crippen LogP contribution in [-0.4, -0.2) is 36.7 Å². The van der Waals surface area contributed by atoms with Crippen molar-refractivity contribution in [2.75, 3.05) is 20.8 Å². The van der Waals surface area contributed by atoms with Gasteiger partial charge in [-0.25, -0.2) is 4.57 Å². The van der Waals surface area contributed by atoms with Crippen LogP contribution in [0.4, 0.5) is 0 Å². The van der Waals surface area contributed by atoms with Crippen LogP contribution >= 0.6 is 0 Å². The van der Waals surface area contributed by atoms with E-state index >= 15 is 0 Å². The molecule has 0 spiro atoms. The van der Waals surface area contributed by atoms with Crippen molar-refractivity contribution >= 4 is 17.0 Å². The maximum absolute atomic E-state index is 13.2. The molecule has 0 aliphatic heterocycles. The van der Waals surface area contributed by atoms with E-state index in [1.165, 1.54) is 18.8 Å². The average molecular weight is 418 g/mol. The molecule has 158 valence electrons. The fourth-order valence-electron chi connectivity index (χ4n) is 3.48. The summed E-state index contributed by atoms with van der Waals surface area (Å²) in [7, 11) is 3.05. The van der Waals surface area contributed by atoms with Gasteiger partial charge >= 0.3 is 0 Å². The number of benzene rings is 2. The Morgan fingerprint density at radius 1 is 1.03 bits per heavy atom. The standard InChI is InChI=1S/C24H22N2O5/c1-29-21-10-9-16(14-22(21)30-2)26-23(27)19-8-4-3-7-18(19)20(24(26)28)15-25-12-11-17-6-5-13-31-17/h3-10,13-15,28H,11-12H2,1-2H3. The summed E-state index contributed by atoms with van der Waals surface area (Å²) in [6.07, 6.45) is 3.85. The summed E-state index contributed by atoms with van der Waals surface area (Å²) < 4.78 is 17.2. The van der Waals surface area contributed by atoms with Gasteiger partial charge in [0.25, 0.3) is 5.56 Å². The molecule has 0 unspecified atom stereocenters. The lowest BCUT2D eigenvalue weighted by molar-refractivity contribution is 0.354. The number of hydrogen-bond acceptors (Lipinski definition) is 6. The molecule has 2 aromatic heterocycles. The van der Waals surface area contributed by atoms with Crippen molar-refractivity contribution in [3.05, 3.63) is 82.5 Å². The highest BCUT2D eigenvalue weighted by Gasteiger charge is 2.17. The second kappa shape index (κ2) is 8.79. The van der Waals surface area contributed by atoms with E-state index < -0.39 is 0 Å². The molecule has 31 heavy (non-hydrogen) atoms. The normalized spacial score (nSPS) is 11.3. The molecule has 1 N–H and O–H groups in total. The van der Waals surface area contributed by atoms with E-state index in [-0.39, 0.29) is 11.4 Å². The molecule has 0 fully saturated rings. The molecule has 0 amide bonds. The first kappa shape index (κ1) is 20.3. The number of methoxy groups -OCH3 is 2. The van der Waals surface area contributed by atoms with Crippen LogP contribution in [0.5, 0.6) is 17.4 Å². The second-order valence-electron chi connectivity index (χ2n) is 6.83. The van der Waals surface area contributed by atoms with Crippen LogP contribution < -0.4 is 15.0 Å². The van der Waals surface area contributed by atoms with Gasteiger partial charge < -0.3 is 19.0 Å². The lowest BCUT2D eigenvalue weighted by Crippen LogP contribution is -2.20. The van der Waals surface area contributed by atoms with Crippen molar-refractivity contribution in [1.82, 2.24) is 4.57 Å². The maximum Gasteiger partial charge on any atom is 0.265 e. The minimum absolute atomic E-state index is 0.197. The van der Waals surface area contributed by atoms with Crippen molar-refractivity contribution in [1.29, 1.82) is 0 Å². The summed E-state index contributed by atoms with van der Waals surface area (Å²) in [6.45, 7) is 0.483. The Labute approximate surface area is 178 Å². The van der Waals surface area contributed by atoms with Gasteiger partial charge in [0.2, 0.25) is 5.88 Å². The van der Waals surface area contributed by atoms with Crippen LogP contribution in [0.25, 0.3) is 16.5 Å². The van der Waals surface area contributed by atoms with Crippen LogP contribution in [0.3, 0.4) is 0 Å². The minimum Gasteiger partial charge on any atom is -0.494 e. The van der Waals surface area contributed by atoms with Gasteiger partial charge in [-0.3, -0.25) is 9.79 Å². The Hall–Kier alpha value is -4.00. The van der Waals surface area contributed by atoms with Crippen LogP contribution in [0, 0.1) is 0 Å². The van der Waals surface area contributed by atoms with Crippen molar-refractivity contribution in [3.63, 3.8) is 0 Å². The van der Waals surface area contributed by atoms with E-state index in [9.17, 15) is 9.90 Å². The Morgan fingerprint density at radius 2 is 1.81 bits per heavy atom. The summed E-state index contributed by atoms with van der Waals surface area (Å²) in [5.74, 6) is 1.62. The summed E-state index contributed by atoms with van der Waals surface area (Å²) in [5.41, 5.74) is 0.577. The van der Waals surface area contributed by atoms with E-state index in [1.54, 1.807) is 48.9 Å². The molecule has 2 aromatic carbocycles. The number of hydrogen-bond donors (Lipinski definition) is 1. The molecule has 7 nitrogen and oxygen atoms in total. The van der Waals surface area contributed by atoms with Gasteiger partial charge in [0.1, 0.15) is 5.76 Å². The Bertz CT molecular complexity index is 1290. The van der Waals surface area contributed by atoms with Crippen molar-refractivity contribution < 1.29 is 19.0 Å². The number of rotatable bonds is 7. The molecule has 0 aliphatic rings. The molecule has 0 radical (unpaired) electrons. The third-order valence-electron chi connectivity index (χ3n) is 5.02. The first-order valence-electron chi connectivity index (χ1n) is 9.75. The third kappa shape index (κ3) is 3.90. The van der Waals surface area contributed by atoms with Gasteiger partial charge in [-0.15, -0.1) is 0 Å². The molecule has 0 bridgehead atoms. The highest BCUT2D eigenvalue weighted by Crippen LogP contribution is 2.32. The fourth-order valence-corrected chi connectivity index (χ4v) is 3.48. The quantitative estimate of drug-likeness (QED) is 0.459. The van der Waals surface area contributed by atoms with Crippen LogP contribution in [0.2, 0.25) is 0 Å². The largest absolute Gasteiger partial charge is 0.494 e. The third-order valence-corrected chi connectivity index (χ3v) is 5.02. The zero-order valence-electron chi connectivity index (χ0n) is 17.2. The summed E-state index contributed by atoms with van der Waals surface area (Å²) in [4.78, 5) is 17.7. The van der Waals surface area contributed by atoms with Crippen LogP contribution in [0.15, 0.2) is 75.1 Å². The number of aliphatic imine (C=N–C) groups is 1. The lowest BCUT2D eigenvalue weighted by Gasteiger charge is -2.15. The average Bonchev–Trinajstić information content (AvgIpc) is 3.32. The molecule has 0 aliphatic carbocycles. The highest BCUT2D eigenvalue weighted by atomic mass is 16.5. The Morgan fingerprint density at radius 3 is 2.52 bits per heavy atom. The van der Waals surface area contributed by atoms with Gasteiger partial charge in [0.05, 0.1) is 31.7 Å². The van der Waals surface area contributed by atoms with Crippen LogP contribution in [0.1, 0.15) is 11.3 Å². The van der Waals surface area contributed by atoms with E-state index in [0.29, 0.717) is 46.5 Å². The van der Waals surface area contributed by atoms with Gasteiger partial charge in [-0.2, -0.15) is 0 Å². The number of nitrogens with zero attached hydrogens (tertiary/aromatic N) is 2. The van der Waals surface area contributed by atoms with Gasteiger partial charge in [-0.1, -0.05) is 18.2 Å².